The van der Waals surface area contributed by atoms with Crippen molar-refractivity contribution in [2.75, 3.05) is 26.2 Å². The van der Waals surface area contributed by atoms with Crippen LogP contribution in [0.25, 0.3) is 0 Å². The summed E-state index contributed by atoms with van der Waals surface area (Å²) in [6.07, 6.45) is 2.36. The van der Waals surface area contributed by atoms with Crippen LogP contribution in [-0.4, -0.2) is 31.1 Å². The molecule has 3 heteroatoms. The van der Waals surface area contributed by atoms with Crippen molar-refractivity contribution in [3.63, 3.8) is 0 Å². The van der Waals surface area contributed by atoms with Crippen molar-refractivity contribution in [1.82, 2.24) is 10.2 Å². The zero-order chi connectivity index (χ0) is 15.4. The first kappa shape index (κ1) is 15.7. The number of thiophene rings is 1. The molecule has 1 atom stereocenters. The summed E-state index contributed by atoms with van der Waals surface area (Å²) in [5.41, 5.74) is 2.87. The van der Waals surface area contributed by atoms with E-state index in [9.17, 15) is 0 Å². The molecule has 1 unspecified atom stereocenters. The van der Waals surface area contributed by atoms with Crippen molar-refractivity contribution < 1.29 is 0 Å². The molecule has 3 rings (SSSR count). The van der Waals surface area contributed by atoms with E-state index >= 15 is 0 Å². The van der Waals surface area contributed by atoms with Gasteiger partial charge in [0.2, 0.25) is 0 Å². The predicted octanol–water partition coefficient (Wildman–Crippen LogP) is 4.00. The molecule has 0 aliphatic carbocycles. The summed E-state index contributed by atoms with van der Waals surface area (Å²) < 4.78 is 0. The number of rotatable bonds is 4. The zero-order valence-electron chi connectivity index (χ0n) is 13.6. The summed E-state index contributed by atoms with van der Waals surface area (Å²) in [6, 6.07) is 13.9. The van der Waals surface area contributed by atoms with E-state index in [1.165, 1.54) is 33.8 Å². The lowest BCUT2D eigenvalue weighted by Gasteiger charge is -2.31. The second-order valence-electron chi connectivity index (χ2n) is 6.06. The highest BCUT2D eigenvalue weighted by Crippen LogP contribution is 2.35. The molecule has 1 aromatic carbocycles. The molecule has 118 valence electrons. The molecule has 2 aromatic rings. The zero-order valence-corrected chi connectivity index (χ0v) is 14.5. The molecular formula is C19H26N2S. The second kappa shape index (κ2) is 7.40. The third kappa shape index (κ3) is 3.43. The van der Waals surface area contributed by atoms with E-state index in [2.05, 4.69) is 60.5 Å². The molecule has 0 amide bonds. The minimum atomic E-state index is 0.409. The molecule has 0 spiro atoms. The molecule has 1 aromatic heterocycles. The van der Waals surface area contributed by atoms with Gasteiger partial charge in [0.05, 0.1) is 6.04 Å². The van der Waals surface area contributed by atoms with Gasteiger partial charge in [-0.15, -0.1) is 11.3 Å². The molecule has 0 saturated carbocycles. The summed E-state index contributed by atoms with van der Waals surface area (Å²) >= 11 is 1.98. The monoisotopic (exact) mass is 314 g/mol. The minimum Gasteiger partial charge on any atom is -0.315 e. The standard InChI is InChI=1S/C19H26N2S/c1-3-16-9-10-18(22-16)19(17-8-5-4-7-15(17)2)21-13-6-11-20-12-14-21/h4-5,7-10,19-20H,3,6,11-14H2,1-2H3. The molecule has 2 nitrogen and oxygen atoms in total. The van der Waals surface area contributed by atoms with Gasteiger partial charge < -0.3 is 5.32 Å². The maximum Gasteiger partial charge on any atom is 0.0699 e. The first-order valence-electron chi connectivity index (χ1n) is 8.38. The lowest BCUT2D eigenvalue weighted by Crippen LogP contribution is -2.33. The van der Waals surface area contributed by atoms with Gasteiger partial charge in [0.1, 0.15) is 0 Å². The summed E-state index contributed by atoms with van der Waals surface area (Å²) in [6.45, 7) is 9.01. The van der Waals surface area contributed by atoms with Crippen molar-refractivity contribution in [3.8, 4) is 0 Å². The van der Waals surface area contributed by atoms with Gasteiger partial charge in [0, 0.05) is 29.4 Å². The maximum absolute atomic E-state index is 3.53. The highest BCUT2D eigenvalue weighted by molar-refractivity contribution is 7.12. The van der Waals surface area contributed by atoms with E-state index in [0.29, 0.717) is 6.04 Å². The smallest absolute Gasteiger partial charge is 0.0699 e. The Morgan fingerprint density at radius 3 is 2.77 bits per heavy atom. The van der Waals surface area contributed by atoms with Crippen LogP contribution in [0, 0.1) is 6.92 Å². The molecule has 2 heterocycles. The molecule has 1 aliphatic heterocycles. The number of nitrogens with zero attached hydrogens (tertiary/aromatic N) is 1. The van der Waals surface area contributed by atoms with E-state index in [4.69, 9.17) is 0 Å². The van der Waals surface area contributed by atoms with Crippen LogP contribution < -0.4 is 5.32 Å². The molecule has 1 aliphatic rings. The van der Waals surface area contributed by atoms with E-state index in [0.717, 1.165) is 26.1 Å². The van der Waals surface area contributed by atoms with Gasteiger partial charge in [0.15, 0.2) is 0 Å². The van der Waals surface area contributed by atoms with Crippen molar-refractivity contribution in [2.45, 2.75) is 32.7 Å². The first-order valence-corrected chi connectivity index (χ1v) is 9.20. The average molecular weight is 314 g/mol. The van der Waals surface area contributed by atoms with Crippen LogP contribution in [0.3, 0.4) is 0 Å². The fourth-order valence-corrected chi connectivity index (χ4v) is 4.39. The molecule has 1 N–H and O–H groups in total. The quantitative estimate of drug-likeness (QED) is 0.917. The highest BCUT2D eigenvalue weighted by atomic mass is 32.1. The lowest BCUT2D eigenvalue weighted by atomic mass is 9.98. The molecule has 1 fully saturated rings. The van der Waals surface area contributed by atoms with Gasteiger partial charge in [-0.2, -0.15) is 0 Å². The van der Waals surface area contributed by atoms with Crippen LogP contribution in [0.15, 0.2) is 36.4 Å². The van der Waals surface area contributed by atoms with Crippen molar-refractivity contribution in [3.05, 3.63) is 57.3 Å². The van der Waals surface area contributed by atoms with Crippen LogP contribution in [-0.2, 0) is 6.42 Å². The van der Waals surface area contributed by atoms with Crippen LogP contribution in [0.1, 0.15) is 40.3 Å². The Morgan fingerprint density at radius 1 is 1.14 bits per heavy atom. The highest BCUT2D eigenvalue weighted by Gasteiger charge is 2.25. The van der Waals surface area contributed by atoms with E-state index < -0.39 is 0 Å². The van der Waals surface area contributed by atoms with E-state index in [1.54, 1.807) is 0 Å². The summed E-state index contributed by atoms with van der Waals surface area (Å²) in [5, 5.41) is 3.53. The Morgan fingerprint density at radius 2 is 2.00 bits per heavy atom. The lowest BCUT2D eigenvalue weighted by molar-refractivity contribution is 0.243. The van der Waals surface area contributed by atoms with Gasteiger partial charge in [0.25, 0.3) is 0 Å². The van der Waals surface area contributed by atoms with Crippen molar-refractivity contribution in [1.29, 1.82) is 0 Å². The third-order valence-corrected chi connectivity index (χ3v) is 5.81. The SMILES string of the molecule is CCc1ccc(C(c2ccccc2C)N2CCCNCC2)s1. The maximum atomic E-state index is 3.53. The van der Waals surface area contributed by atoms with Crippen molar-refractivity contribution >= 4 is 11.3 Å². The Hall–Kier alpha value is -1.16. The van der Waals surface area contributed by atoms with Gasteiger partial charge >= 0.3 is 0 Å². The van der Waals surface area contributed by atoms with Crippen LogP contribution in [0.5, 0.6) is 0 Å². The van der Waals surface area contributed by atoms with Gasteiger partial charge in [-0.1, -0.05) is 31.2 Å². The van der Waals surface area contributed by atoms with Gasteiger partial charge in [-0.25, -0.2) is 0 Å². The molecule has 1 saturated heterocycles. The predicted molar refractivity (Wildman–Crippen MR) is 95.8 cm³/mol. The fourth-order valence-electron chi connectivity index (χ4n) is 3.28. The summed E-state index contributed by atoms with van der Waals surface area (Å²) in [7, 11) is 0. The van der Waals surface area contributed by atoms with Gasteiger partial charge in [-0.05, 0) is 49.6 Å². The number of hydrogen-bond acceptors (Lipinski definition) is 3. The topological polar surface area (TPSA) is 15.3 Å². The van der Waals surface area contributed by atoms with Gasteiger partial charge in [-0.3, -0.25) is 4.90 Å². The Kier molecular flexibility index (Phi) is 5.29. The summed E-state index contributed by atoms with van der Waals surface area (Å²) in [5.74, 6) is 0. The number of nitrogens with one attached hydrogen (secondary N) is 1. The van der Waals surface area contributed by atoms with E-state index in [1.807, 2.05) is 11.3 Å². The molecule has 0 bridgehead atoms. The molecule has 0 radical (unpaired) electrons. The van der Waals surface area contributed by atoms with Crippen LogP contribution in [0.2, 0.25) is 0 Å². The first-order chi connectivity index (χ1) is 10.8. The summed E-state index contributed by atoms with van der Waals surface area (Å²) in [4.78, 5) is 5.64. The third-order valence-electron chi connectivity index (χ3n) is 4.52. The molecule has 22 heavy (non-hydrogen) atoms. The van der Waals surface area contributed by atoms with E-state index in [-0.39, 0.29) is 0 Å². The number of benzene rings is 1. The number of hydrogen-bond donors (Lipinski definition) is 1. The largest absolute Gasteiger partial charge is 0.315 e. The normalized spacial score (nSPS) is 18.1. The Labute approximate surface area is 138 Å². The van der Waals surface area contributed by atoms with Crippen molar-refractivity contribution in [2.24, 2.45) is 0 Å². The second-order valence-corrected chi connectivity index (χ2v) is 7.26. The molecular weight excluding hydrogens is 288 g/mol. The average Bonchev–Trinajstić information content (AvgIpc) is 2.84. The van der Waals surface area contributed by atoms with Crippen LogP contribution in [0.4, 0.5) is 0 Å². The Bertz CT molecular complexity index is 597. The fraction of sp³-hybridized carbons (Fsp3) is 0.474. The minimum absolute atomic E-state index is 0.409. The van der Waals surface area contributed by atoms with Crippen LogP contribution >= 0.6 is 11.3 Å². The number of aryl methyl sites for hydroxylation is 2. The Balaban J connectivity index is 1.99.